The van der Waals surface area contributed by atoms with Crippen molar-refractivity contribution in [3.63, 3.8) is 0 Å². The highest BCUT2D eigenvalue weighted by atomic mass is 15.1. The van der Waals surface area contributed by atoms with Gasteiger partial charge in [-0.2, -0.15) is 10.5 Å². The van der Waals surface area contributed by atoms with E-state index in [9.17, 15) is 10.5 Å². The Balaban J connectivity index is 1.47. The van der Waals surface area contributed by atoms with Crippen LogP contribution < -0.4 is 9.80 Å². The molecule has 0 N–H and O–H groups in total. The maximum absolute atomic E-state index is 9.60. The lowest BCUT2D eigenvalue weighted by molar-refractivity contribution is 1.15. The quantitative estimate of drug-likeness (QED) is 0.151. The van der Waals surface area contributed by atoms with Gasteiger partial charge in [-0.25, -0.2) is 0 Å². The van der Waals surface area contributed by atoms with Crippen molar-refractivity contribution in [1.29, 1.82) is 10.5 Å². The lowest BCUT2D eigenvalue weighted by Crippen LogP contribution is -2.12. The Kier molecular flexibility index (Phi) is 8.30. The Morgan fingerprint density at radius 2 is 0.731 bits per heavy atom. The van der Waals surface area contributed by atoms with Crippen molar-refractivity contribution in [3.05, 3.63) is 167 Å². The molecule has 0 fully saturated rings. The lowest BCUT2D eigenvalue weighted by atomic mass is 9.86. The van der Waals surface area contributed by atoms with Crippen molar-refractivity contribution in [2.24, 2.45) is 0 Å². The van der Waals surface area contributed by atoms with Gasteiger partial charge < -0.3 is 9.80 Å². The van der Waals surface area contributed by atoms with Gasteiger partial charge in [-0.1, -0.05) is 73.5 Å². The van der Waals surface area contributed by atoms with Crippen molar-refractivity contribution < 1.29 is 0 Å². The number of nitriles is 2. The Bertz CT molecular complexity index is 2470. The molecule has 4 heteroatoms. The van der Waals surface area contributed by atoms with Gasteiger partial charge in [-0.3, -0.25) is 0 Å². The van der Waals surface area contributed by atoms with Crippen LogP contribution in [0.5, 0.6) is 0 Å². The molecule has 0 atom stereocenters. The zero-order chi connectivity index (χ0) is 35.9. The van der Waals surface area contributed by atoms with Crippen molar-refractivity contribution >= 4 is 66.4 Å². The maximum Gasteiger partial charge on any atom is 0.0991 e. The van der Waals surface area contributed by atoms with Gasteiger partial charge in [-0.05, 0) is 144 Å². The molecule has 0 amide bonds. The van der Waals surface area contributed by atoms with E-state index in [1.165, 1.54) is 54.6 Å². The number of aryl methyl sites for hydroxylation is 4. The van der Waals surface area contributed by atoms with Crippen LogP contribution in [0.2, 0.25) is 0 Å². The van der Waals surface area contributed by atoms with Crippen LogP contribution in [0, 0.1) is 36.5 Å². The molecule has 0 aliphatic carbocycles. The van der Waals surface area contributed by atoms with Gasteiger partial charge in [0.15, 0.2) is 0 Å². The summed E-state index contributed by atoms with van der Waals surface area (Å²) in [6, 6.07) is 51.7. The van der Waals surface area contributed by atoms with E-state index in [1.807, 2.05) is 48.5 Å². The molecule has 250 valence electrons. The van der Waals surface area contributed by atoms with Crippen molar-refractivity contribution in [3.8, 4) is 12.1 Å². The number of rotatable bonds is 8. The number of nitrogens with zero attached hydrogens (tertiary/aromatic N) is 4. The molecule has 8 rings (SSSR count). The van der Waals surface area contributed by atoms with E-state index in [2.05, 4.69) is 135 Å². The highest BCUT2D eigenvalue weighted by molar-refractivity contribution is 6.29. The fourth-order valence-corrected chi connectivity index (χ4v) is 7.67. The molecular weight excluding hydrogens is 633 g/mol. The van der Waals surface area contributed by atoms with Crippen LogP contribution in [0.3, 0.4) is 0 Å². The molecule has 0 saturated carbocycles. The average molecular weight is 671 g/mol. The first-order valence-corrected chi connectivity index (χ1v) is 17.9. The van der Waals surface area contributed by atoms with Crippen LogP contribution in [-0.2, 0) is 12.8 Å². The topological polar surface area (TPSA) is 54.1 Å². The van der Waals surface area contributed by atoms with E-state index in [0.29, 0.717) is 11.1 Å². The maximum atomic E-state index is 9.60. The molecule has 0 radical (unpaired) electrons. The van der Waals surface area contributed by atoms with Crippen molar-refractivity contribution in [1.82, 2.24) is 0 Å². The summed E-state index contributed by atoms with van der Waals surface area (Å²) in [5.74, 6) is 0. The first-order valence-electron chi connectivity index (χ1n) is 17.9. The molecule has 0 heterocycles. The van der Waals surface area contributed by atoms with E-state index >= 15 is 0 Å². The molecule has 0 bridgehead atoms. The van der Waals surface area contributed by atoms with E-state index in [1.54, 1.807) is 0 Å². The second kappa shape index (κ2) is 13.3. The molecule has 4 nitrogen and oxygen atoms in total. The highest BCUT2D eigenvalue weighted by Crippen LogP contribution is 2.49. The minimum Gasteiger partial charge on any atom is -0.310 e. The molecule has 0 unspecified atom stereocenters. The summed E-state index contributed by atoms with van der Waals surface area (Å²) in [7, 11) is 0. The summed E-state index contributed by atoms with van der Waals surface area (Å²) >= 11 is 0. The Morgan fingerprint density at radius 1 is 0.423 bits per heavy atom. The standard InChI is InChI=1S/C48H38N4/c1-5-35-27-45(51(37-15-7-31(3)8-16-37)39-19-11-33(29-49)12-20-39)43-26-24-42-36(6-2)28-46(44-25-23-41(35)47(43)48(42)44)52(38-17-9-32(4)10-18-38)40-21-13-34(30-50)14-22-40/h7-28H,5-6H2,1-4H3. The Morgan fingerprint density at radius 3 is 1.04 bits per heavy atom. The molecule has 0 saturated heterocycles. The Labute approximate surface area is 305 Å². The monoisotopic (exact) mass is 670 g/mol. The van der Waals surface area contributed by atoms with Crippen LogP contribution in [0.1, 0.15) is 47.2 Å². The molecule has 52 heavy (non-hydrogen) atoms. The van der Waals surface area contributed by atoms with E-state index < -0.39 is 0 Å². The van der Waals surface area contributed by atoms with E-state index in [0.717, 1.165) is 47.0 Å². The number of benzene rings is 8. The van der Waals surface area contributed by atoms with Gasteiger partial charge in [-0.15, -0.1) is 0 Å². The molecule has 0 aromatic heterocycles. The lowest BCUT2D eigenvalue weighted by Gasteiger charge is -2.31. The Hall–Kier alpha value is -6.62. The van der Waals surface area contributed by atoms with Crippen LogP contribution in [0.15, 0.2) is 133 Å². The van der Waals surface area contributed by atoms with Crippen LogP contribution in [0.4, 0.5) is 34.1 Å². The third kappa shape index (κ3) is 5.47. The first kappa shape index (κ1) is 32.6. The van der Waals surface area contributed by atoms with Crippen LogP contribution >= 0.6 is 0 Å². The predicted octanol–water partition coefficient (Wildman–Crippen LogP) is 13.0. The SMILES string of the molecule is CCc1cc(N(c2ccc(C)cc2)c2ccc(C#N)cc2)c2ccc3c(CC)cc(N(c4ccc(C)cc4)c4ccc(C#N)cc4)c4ccc1c2c34. The van der Waals surface area contributed by atoms with Gasteiger partial charge in [0.2, 0.25) is 0 Å². The number of hydrogen-bond donors (Lipinski definition) is 0. The van der Waals surface area contributed by atoms with Gasteiger partial charge in [0.05, 0.1) is 34.6 Å². The summed E-state index contributed by atoms with van der Waals surface area (Å²) in [5, 5.41) is 26.6. The number of anilines is 6. The van der Waals surface area contributed by atoms with Crippen LogP contribution in [-0.4, -0.2) is 0 Å². The summed E-state index contributed by atoms with van der Waals surface area (Å²) in [6.07, 6.45) is 1.76. The zero-order valence-electron chi connectivity index (χ0n) is 29.9. The minimum atomic E-state index is 0.636. The summed E-state index contributed by atoms with van der Waals surface area (Å²) in [5.41, 5.74) is 12.6. The first-order chi connectivity index (χ1) is 25.4. The third-order valence-electron chi connectivity index (χ3n) is 10.4. The second-order valence-electron chi connectivity index (χ2n) is 13.5. The fraction of sp³-hybridized carbons (Fsp3) is 0.125. The minimum absolute atomic E-state index is 0.636. The molecular formula is C48H38N4. The van der Waals surface area contributed by atoms with E-state index in [4.69, 9.17) is 0 Å². The van der Waals surface area contributed by atoms with Gasteiger partial charge in [0.25, 0.3) is 0 Å². The third-order valence-corrected chi connectivity index (χ3v) is 10.4. The normalized spacial score (nSPS) is 11.2. The van der Waals surface area contributed by atoms with E-state index in [-0.39, 0.29) is 0 Å². The molecule has 8 aromatic carbocycles. The second-order valence-corrected chi connectivity index (χ2v) is 13.5. The number of hydrogen-bond acceptors (Lipinski definition) is 4. The smallest absolute Gasteiger partial charge is 0.0991 e. The molecule has 0 aliphatic rings. The highest BCUT2D eigenvalue weighted by Gasteiger charge is 2.24. The predicted molar refractivity (Wildman–Crippen MR) is 217 cm³/mol. The molecule has 8 aromatic rings. The summed E-state index contributed by atoms with van der Waals surface area (Å²) < 4.78 is 0. The fourth-order valence-electron chi connectivity index (χ4n) is 7.67. The van der Waals surface area contributed by atoms with Crippen molar-refractivity contribution in [2.75, 3.05) is 9.80 Å². The van der Waals surface area contributed by atoms with Gasteiger partial charge in [0, 0.05) is 33.5 Å². The molecule has 0 aliphatic heterocycles. The average Bonchev–Trinajstić information content (AvgIpc) is 3.19. The largest absolute Gasteiger partial charge is 0.310 e. The summed E-state index contributed by atoms with van der Waals surface area (Å²) in [6.45, 7) is 8.70. The van der Waals surface area contributed by atoms with Gasteiger partial charge in [0.1, 0.15) is 0 Å². The van der Waals surface area contributed by atoms with Crippen molar-refractivity contribution in [2.45, 2.75) is 40.5 Å². The summed E-state index contributed by atoms with van der Waals surface area (Å²) in [4.78, 5) is 4.67. The van der Waals surface area contributed by atoms with Crippen LogP contribution in [0.25, 0.3) is 32.3 Å². The zero-order valence-corrected chi connectivity index (χ0v) is 29.9. The van der Waals surface area contributed by atoms with Gasteiger partial charge >= 0.3 is 0 Å². The molecule has 0 spiro atoms.